The van der Waals surface area contributed by atoms with Crippen LogP contribution in [0.4, 0.5) is 0 Å². The van der Waals surface area contributed by atoms with Gasteiger partial charge in [-0.25, -0.2) is 4.98 Å². The highest BCUT2D eigenvalue weighted by molar-refractivity contribution is 5.18. The predicted octanol–water partition coefficient (Wildman–Crippen LogP) is -0.852. The molecule has 0 atom stereocenters. The minimum absolute atomic E-state index is 0.152. The number of aromatic nitrogens is 3. The van der Waals surface area contributed by atoms with E-state index in [1.807, 2.05) is 0 Å². The van der Waals surface area contributed by atoms with Crippen molar-refractivity contribution < 1.29 is 5.11 Å². The van der Waals surface area contributed by atoms with Crippen LogP contribution >= 0.6 is 0 Å². The monoisotopic (exact) mass is 123 g/mol. The number of aliphatic hydroxyl groups is 1. The van der Waals surface area contributed by atoms with E-state index in [0.29, 0.717) is 5.82 Å². The van der Waals surface area contributed by atoms with Crippen molar-refractivity contribution in [3.63, 3.8) is 0 Å². The molecule has 0 aliphatic heterocycles. The van der Waals surface area contributed by atoms with E-state index in [9.17, 15) is 0 Å². The summed E-state index contributed by atoms with van der Waals surface area (Å²) in [6.45, 7) is -0.152. The lowest BCUT2D eigenvalue weighted by atomic mass is 10.6. The minimum Gasteiger partial charge on any atom is -0.384 e. The highest BCUT2D eigenvalue weighted by Gasteiger charge is 1.82. The molecule has 0 unspecified atom stereocenters. The third-order valence-corrected chi connectivity index (χ3v) is 0.701. The first-order valence-corrected chi connectivity index (χ1v) is 2.38. The lowest BCUT2D eigenvalue weighted by Crippen LogP contribution is -1.78. The Labute approximate surface area is 51.9 Å². The molecular weight excluding hydrogens is 118 g/mol. The molecule has 1 rings (SSSR count). The fraction of sp³-hybridized carbons (Fsp3) is 0.200. The van der Waals surface area contributed by atoms with Crippen molar-refractivity contribution in [1.29, 1.82) is 0 Å². The zero-order valence-corrected chi connectivity index (χ0v) is 4.63. The SMILES string of the molecule is OCC#Cc1ncn[nH]1. The van der Waals surface area contributed by atoms with Gasteiger partial charge in [-0.2, -0.15) is 5.10 Å². The second-order valence-electron chi connectivity index (χ2n) is 1.29. The van der Waals surface area contributed by atoms with E-state index in [0.717, 1.165) is 0 Å². The van der Waals surface area contributed by atoms with Crippen molar-refractivity contribution in [2.75, 3.05) is 6.61 Å². The molecule has 9 heavy (non-hydrogen) atoms. The van der Waals surface area contributed by atoms with Crippen molar-refractivity contribution in [3.8, 4) is 11.8 Å². The van der Waals surface area contributed by atoms with Gasteiger partial charge in [0.25, 0.3) is 0 Å². The van der Waals surface area contributed by atoms with Crippen molar-refractivity contribution in [2.45, 2.75) is 0 Å². The van der Waals surface area contributed by atoms with E-state index in [2.05, 4.69) is 27.0 Å². The third kappa shape index (κ3) is 1.55. The van der Waals surface area contributed by atoms with Gasteiger partial charge in [0.1, 0.15) is 12.9 Å². The van der Waals surface area contributed by atoms with Gasteiger partial charge in [0, 0.05) is 0 Å². The Hall–Kier alpha value is -1.34. The molecule has 4 heteroatoms. The van der Waals surface area contributed by atoms with E-state index >= 15 is 0 Å². The molecule has 0 saturated heterocycles. The van der Waals surface area contributed by atoms with E-state index in [1.54, 1.807) is 0 Å². The van der Waals surface area contributed by atoms with Crippen molar-refractivity contribution in [2.24, 2.45) is 0 Å². The Morgan fingerprint density at radius 3 is 3.22 bits per heavy atom. The third-order valence-electron chi connectivity index (χ3n) is 0.701. The van der Waals surface area contributed by atoms with E-state index in [4.69, 9.17) is 5.11 Å². The maximum Gasteiger partial charge on any atom is 0.200 e. The summed E-state index contributed by atoms with van der Waals surface area (Å²) in [6.07, 6.45) is 1.36. The molecule has 1 aromatic heterocycles. The van der Waals surface area contributed by atoms with Gasteiger partial charge in [0.05, 0.1) is 0 Å². The van der Waals surface area contributed by atoms with Gasteiger partial charge in [-0.1, -0.05) is 5.92 Å². The first-order valence-electron chi connectivity index (χ1n) is 2.38. The van der Waals surface area contributed by atoms with Crippen LogP contribution in [0.5, 0.6) is 0 Å². The summed E-state index contributed by atoms with van der Waals surface area (Å²) in [4.78, 5) is 3.70. The molecule has 0 saturated carbocycles. The van der Waals surface area contributed by atoms with E-state index in [-0.39, 0.29) is 6.61 Å². The first kappa shape index (κ1) is 5.79. The van der Waals surface area contributed by atoms with Gasteiger partial charge in [0.15, 0.2) is 0 Å². The Morgan fingerprint density at radius 1 is 1.78 bits per heavy atom. The highest BCUT2D eigenvalue weighted by Crippen LogP contribution is 1.77. The van der Waals surface area contributed by atoms with E-state index in [1.165, 1.54) is 6.33 Å². The summed E-state index contributed by atoms with van der Waals surface area (Å²) < 4.78 is 0. The summed E-state index contributed by atoms with van der Waals surface area (Å²) in [5, 5.41) is 14.3. The standard InChI is InChI=1S/C5H5N3O/c9-3-1-2-5-6-4-7-8-5/h4,9H,3H2,(H,6,7,8). The molecule has 4 nitrogen and oxygen atoms in total. The molecule has 0 spiro atoms. The largest absolute Gasteiger partial charge is 0.384 e. The first-order chi connectivity index (χ1) is 4.43. The van der Waals surface area contributed by atoms with Gasteiger partial charge < -0.3 is 5.11 Å². The zero-order valence-electron chi connectivity index (χ0n) is 4.63. The summed E-state index contributed by atoms with van der Waals surface area (Å²) in [7, 11) is 0. The highest BCUT2D eigenvalue weighted by atomic mass is 16.2. The molecule has 0 radical (unpaired) electrons. The molecule has 1 aromatic rings. The fourth-order valence-electron chi connectivity index (χ4n) is 0.389. The van der Waals surface area contributed by atoms with E-state index < -0.39 is 0 Å². The summed E-state index contributed by atoms with van der Waals surface area (Å²) in [6, 6.07) is 0. The second-order valence-corrected chi connectivity index (χ2v) is 1.29. The molecule has 0 aliphatic carbocycles. The second kappa shape index (κ2) is 2.84. The molecule has 0 aliphatic rings. The van der Waals surface area contributed by atoms with Crippen LogP contribution in [0.15, 0.2) is 6.33 Å². The molecule has 0 amide bonds. The Kier molecular flexibility index (Phi) is 1.83. The van der Waals surface area contributed by atoms with Gasteiger partial charge in [-0.05, 0) is 5.92 Å². The van der Waals surface area contributed by atoms with Gasteiger partial charge >= 0.3 is 0 Å². The number of rotatable bonds is 0. The average molecular weight is 123 g/mol. The van der Waals surface area contributed by atoms with Gasteiger partial charge in [-0.15, -0.1) is 0 Å². The van der Waals surface area contributed by atoms with Crippen LogP contribution < -0.4 is 0 Å². The molecule has 0 fully saturated rings. The molecule has 0 bridgehead atoms. The Balaban J connectivity index is 2.67. The summed E-state index contributed by atoms with van der Waals surface area (Å²) >= 11 is 0. The Bertz CT molecular complexity index is 218. The Morgan fingerprint density at radius 2 is 2.67 bits per heavy atom. The minimum atomic E-state index is -0.152. The number of nitrogens with zero attached hydrogens (tertiary/aromatic N) is 2. The maximum absolute atomic E-state index is 8.23. The van der Waals surface area contributed by atoms with Crippen molar-refractivity contribution in [1.82, 2.24) is 15.2 Å². The van der Waals surface area contributed by atoms with Gasteiger partial charge in [0.2, 0.25) is 5.82 Å². The predicted molar refractivity (Wildman–Crippen MR) is 30.3 cm³/mol. The summed E-state index contributed by atoms with van der Waals surface area (Å²) in [5.41, 5.74) is 0. The number of H-pyrrole nitrogens is 1. The molecule has 2 N–H and O–H groups in total. The fourth-order valence-corrected chi connectivity index (χ4v) is 0.389. The number of aromatic amines is 1. The summed E-state index contributed by atoms with van der Waals surface area (Å²) in [5.74, 6) is 5.44. The normalized spacial score (nSPS) is 8.11. The molecule has 46 valence electrons. The number of aliphatic hydroxyl groups excluding tert-OH is 1. The van der Waals surface area contributed by atoms with Crippen molar-refractivity contribution in [3.05, 3.63) is 12.2 Å². The van der Waals surface area contributed by atoms with Crippen LogP contribution in [0.2, 0.25) is 0 Å². The molecular formula is C5H5N3O. The lowest BCUT2D eigenvalue weighted by Gasteiger charge is -1.71. The van der Waals surface area contributed by atoms with Crippen LogP contribution in [0.3, 0.4) is 0 Å². The number of nitrogens with one attached hydrogen (secondary N) is 1. The number of hydrogen-bond donors (Lipinski definition) is 2. The lowest BCUT2D eigenvalue weighted by molar-refractivity contribution is 0.350. The zero-order chi connectivity index (χ0) is 6.53. The molecule has 1 heterocycles. The van der Waals surface area contributed by atoms with Crippen LogP contribution in [-0.4, -0.2) is 26.9 Å². The topological polar surface area (TPSA) is 61.8 Å². The van der Waals surface area contributed by atoms with Crippen LogP contribution in [0, 0.1) is 11.8 Å². The van der Waals surface area contributed by atoms with Crippen LogP contribution in [0.1, 0.15) is 5.82 Å². The van der Waals surface area contributed by atoms with Crippen LogP contribution in [0.25, 0.3) is 0 Å². The van der Waals surface area contributed by atoms with Crippen LogP contribution in [-0.2, 0) is 0 Å². The molecule has 0 aromatic carbocycles. The quantitative estimate of drug-likeness (QED) is 0.442. The smallest absolute Gasteiger partial charge is 0.200 e. The number of hydrogen-bond acceptors (Lipinski definition) is 3. The van der Waals surface area contributed by atoms with Gasteiger partial charge in [-0.3, -0.25) is 5.10 Å². The van der Waals surface area contributed by atoms with Crippen molar-refractivity contribution >= 4 is 0 Å². The average Bonchev–Trinajstić information content (AvgIpc) is 2.34. The maximum atomic E-state index is 8.23.